The Morgan fingerprint density at radius 1 is 1.13 bits per heavy atom. The van der Waals surface area contributed by atoms with Crippen LogP contribution in [0.5, 0.6) is 0 Å². The van der Waals surface area contributed by atoms with Crippen molar-refractivity contribution in [2.75, 3.05) is 0 Å². The molecule has 2 atom stereocenters. The van der Waals surface area contributed by atoms with Gasteiger partial charge >= 0.3 is 5.97 Å². The highest BCUT2D eigenvalue weighted by atomic mass is 16.6. The van der Waals surface area contributed by atoms with E-state index in [1.54, 1.807) is 6.92 Å². The molecule has 23 heavy (non-hydrogen) atoms. The van der Waals surface area contributed by atoms with E-state index in [4.69, 9.17) is 4.74 Å². The lowest BCUT2D eigenvalue weighted by molar-refractivity contribution is -0.218. The third-order valence-corrected chi connectivity index (χ3v) is 7.08. The highest BCUT2D eigenvalue weighted by Crippen LogP contribution is 2.67. The molecule has 0 aromatic carbocycles. The molecule has 0 amide bonds. The Labute approximate surface area is 140 Å². The molecule has 0 aromatic rings. The van der Waals surface area contributed by atoms with Gasteiger partial charge in [0.1, 0.15) is 5.60 Å². The minimum absolute atomic E-state index is 0.0639. The first-order valence-electron chi connectivity index (χ1n) is 9.06. The van der Waals surface area contributed by atoms with Crippen LogP contribution in [0.2, 0.25) is 0 Å². The number of ether oxygens (including phenoxy) is 1. The van der Waals surface area contributed by atoms with Crippen molar-refractivity contribution >= 4 is 5.97 Å². The molecule has 4 saturated carbocycles. The SMILES string of the molecule is C=C(C)C(=O)OC(C)(C)C1C2CC3CC1CC(C(C)(C)O)(C3)C2. The Hall–Kier alpha value is -0.830. The van der Waals surface area contributed by atoms with E-state index in [0.717, 1.165) is 18.8 Å². The van der Waals surface area contributed by atoms with Crippen LogP contribution in [0.3, 0.4) is 0 Å². The van der Waals surface area contributed by atoms with Gasteiger partial charge in [0.05, 0.1) is 5.60 Å². The van der Waals surface area contributed by atoms with Gasteiger partial charge in [0, 0.05) is 11.5 Å². The summed E-state index contributed by atoms with van der Waals surface area (Å²) >= 11 is 0. The number of hydrogen-bond acceptors (Lipinski definition) is 3. The number of carbonyl (C=O) groups excluding carboxylic acids is 1. The van der Waals surface area contributed by atoms with Crippen LogP contribution >= 0.6 is 0 Å². The van der Waals surface area contributed by atoms with Gasteiger partial charge in [-0.25, -0.2) is 4.79 Å². The quantitative estimate of drug-likeness (QED) is 0.626. The van der Waals surface area contributed by atoms with Crippen LogP contribution in [0.1, 0.15) is 66.7 Å². The maximum Gasteiger partial charge on any atom is 0.333 e. The lowest BCUT2D eigenvalue weighted by Crippen LogP contribution is -2.62. The van der Waals surface area contributed by atoms with Gasteiger partial charge in [0.15, 0.2) is 0 Å². The second kappa shape index (κ2) is 5.08. The van der Waals surface area contributed by atoms with Crippen molar-refractivity contribution in [1.82, 2.24) is 0 Å². The topological polar surface area (TPSA) is 46.5 Å². The fraction of sp³-hybridized carbons (Fsp3) is 0.850. The van der Waals surface area contributed by atoms with Gasteiger partial charge in [0.25, 0.3) is 0 Å². The highest BCUT2D eigenvalue weighted by molar-refractivity contribution is 5.87. The van der Waals surface area contributed by atoms with Crippen molar-refractivity contribution in [1.29, 1.82) is 0 Å². The lowest BCUT2D eigenvalue weighted by atomic mass is 9.41. The molecule has 1 N–H and O–H groups in total. The summed E-state index contributed by atoms with van der Waals surface area (Å²) in [4.78, 5) is 12.1. The van der Waals surface area contributed by atoms with E-state index in [1.807, 2.05) is 13.8 Å². The number of hydrogen-bond donors (Lipinski definition) is 1. The Morgan fingerprint density at radius 2 is 1.65 bits per heavy atom. The standard InChI is InChI=1S/C20H32O3/c1-12(2)17(21)23-18(3,4)16-14-7-13-8-15(16)11-20(9-13,10-14)19(5,6)22/h13-16,22H,1,7-11H2,2-6H3. The fourth-order valence-electron chi connectivity index (χ4n) is 6.30. The molecule has 4 rings (SSSR count). The third-order valence-electron chi connectivity index (χ3n) is 7.08. The van der Waals surface area contributed by atoms with Gasteiger partial charge in [-0.1, -0.05) is 6.58 Å². The van der Waals surface area contributed by atoms with Gasteiger partial charge in [0.2, 0.25) is 0 Å². The third kappa shape index (κ3) is 2.65. The van der Waals surface area contributed by atoms with Crippen LogP contribution in [-0.2, 0) is 9.53 Å². The van der Waals surface area contributed by atoms with E-state index in [9.17, 15) is 9.90 Å². The first-order valence-corrected chi connectivity index (χ1v) is 9.06. The van der Waals surface area contributed by atoms with Crippen LogP contribution in [0.25, 0.3) is 0 Å². The normalized spacial score (nSPS) is 39.4. The van der Waals surface area contributed by atoms with Crippen LogP contribution in [0.4, 0.5) is 0 Å². The minimum atomic E-state index is -0.619. The molecule has 0 heterocycles. The fourth-order valence-corrected chi connectivity index (χ4v) is 6.30. The second-order valence-electron chi connectivity index (χ2n) is 9.61. The zero-order chi connectivity index (χ0) is 17.2. The number of carbonyl (C=O) groups is 1. The first kappa shape index (κ1) is 17.0. The average Bonchev–Trinajstić information content (AvgIpc) is 2.34. The molecule has 0 spiro atoms. The van der Waals surface area contributed by atoms with Gasteiger partial charge in [-0.15, -0.1) is 0 Å². The molecular weight excluding hydrogens is 288 g/mol. The van der Waals surface area contributed by atoms with Crippen molar-refractivity contribution in [2.45, 2.75) is 77.9 Å². The van der Waals surface area contributed by atoms with E-state index < -0.39 is 11.2 Å². The summed E-state index contributed by atoms with van der Waals surface area (Å²) in [5, 5.41) is 10.8. The Kier molecular flexibility index (Phi) is 3.76. The van der Waals surface area contributed by atoms with Gasteiger partial charge < -0.3 is 9.84 Å². The maximum absolute atomic E-state index is 12.1. The molecule has 4 bridgehead atoms. The van der Waals surface area contributed by atoms with E-state index in [2.05, 4.69) is 20.4 Å². The van der Waals surface area contributed by atoms with E-state index in [1.165, 1.54) is 19.3 Å². The number of aliphatic hydroxyl groups is 1. The molecule has 3 heteroatoms. The molecule has 0 radical (unpaired) electrons. The Morgan fingerprint density at radius 3 is 2.09 bits per heavy atom. The molecule has 4 fully saturated rings. The highest BCUT2D eigenvalue weighted by Gasteiger charge is 2.62. The summed E-state index contributed by atoms with van der Waals surface area (Å²) in [6.45, 7) is 13.5. The molecule has 2 unspecified atom stereocenters. The average molecular weight is 320 g/mol. The minimum Gasteiger partial charge on any atom is -0.456 e. The van der Waals surface area contributed by atoms with Crippen molar-refractivity contribution in [3.8, 4) is 0 Å². The molecule has 3 nitrogen and oxygen atoms in total. The van der Waals surface area contributed by atoms with E-state index >= 15 is 0 Å². The summed E-state index contributed by atoms with van der Waals surface area (Å²) in [5.74, 6) is 1.97. The summed E-state index contributed by atoms with van der Waals surface area (Å²) in [7, 11) is 0. The van der Waals surface area contributed by atoms with Crippen molar-refractivity contribution < 1.29 is 14.6 Å². The van der Waals surface area contributed by atoms with Crippen LogP contribution < -0.4 is 0 Å². The van der Waals surface area contributed by atoms with Crippen molar-refractivity contribution in [2.24, 2.45) is 29.1 Å². The van der Waals surface area contributed by atoms with Crippen LogP contribution in [0.15, 0.2) is 12.2 Å². The van der Waals surface area contributed by atoms with E-state index in [0.29, 0.717) is 23.3 Å². The molecule has 0 aliphatic heterocycles. The first-order chi connectivity index (χ1) is 10.5. The van der Waals surface area contributed by atoms with Gasteiger partial charge in [-0.2, -0.15) is 0 Å². The number of rotatable bonds is 4. The van der Waals surface area contributed by atoms with Crippen molar-refractivity contribution in [3.05, 3.63) is 12.2 Å². The van der Waals surface area contributed by atoms with Gasteiger partial charge in [-0.3, -0.25) is 0 Å². The summed E-state index contributed by atoms with van der Waals surface area (Å²) in [6, 6.07) is 0. The molecule has 130 valence electrons. The summed E-state index contributed by atoms with van der Waals surface area (Å²) < 4.78 is 5.84. The van der Waals surface area contributed by atoms with Gasteiger partial charge in [-0.05, 0) is 89.9 Å². The summed E-state index contributed by atoms with van der Waals surface area (Å²) in [6.07, 6.45) is 5.77. The van der Waals surface area contributed by atoms with Crippen molar-refractivity contribution in [3.63, 3.8) is 0 Å². The molecule has 4 aliphatic rings. The maximum atomic E-state index is 12.1. The predicted molar refractivity (Wildman–Crippen MR) is 90.8 cm³/mol. The van der Waals surface area contributed by atoms with Crippen LogP contribution in [0, 0.1) is 29.1 Å². The zero-order valence-corrected chi connectivity index (χ0v) is 15.3. The lowest BCUT2D eigenvalue weighted by Gasteiger charge is -2.65. The monoisotopic (exact) mass is 320 g/mol. The molecule has 4 aliphatic carbocycles. The molecule has 0 aromatic heterocycles. The zero-order valence-electron chi connectivity index (χ0n) is 15.3. The Balaban J connectivity index is 1.85. The predicted octanol–water partition coefficient (Wildman–Crippen LogP) is 4.10. The smallest absolute Gasteiger partial charge is 0.333 e. The molecule has 0 saturated heterocycles. The van der Waals surface area contributed by atoms with E-state index in [-0.39, 0.29) is 11.4 Å². The van der Waals surface area contributed by atoms with Crippen LogP contribution in [-0.4, -0.2) is 22.3 Å². The Bertz CT molecular complexity index is 509. The summed E-state index contributed by atoms with van der Waals surface area (Å²) in [5.41, 5.74) is -0.546. The number of esters is 1. The second-order valence-corrected chi connectivity index (χ2v) is 9.61. The largest absolute Gasteiger partial charge is 0.456 e. The molecular formula is C20H32O3.